The van der Waals surface area contributed by atoms with Crippen LogP contribution in [0.2, 0.25) is 0 Å². The van der Waals surface area contributed by atoms with E-state index in [9.17, 15) is 0 Å². The zero-order valence-electron chi connectivity index (χ0n) is 10.2. The molecule has 2 N–H and O–H groups in total. The summed E-state index contributed by atoms with van der Waals surface area (Å²) in [7, 11) is 0. The summed E-state index contributed by atoms with van der Waals surface area (Å²) in [6.07, 6.45) is 3.72. The molecule has 3 rings (SSSR count). The van der Waals surface area contributed by atoms with Crippen LogP contribution in [0.3, 0.4) is 0 Å². The lowest BCUT2D eigenvalue weighted by molar-refractivity contribution is 1.36. The number of benzene rings is 2. The molecular weight excluding hydrogens is 220 g/mol. The van der Waals surface area contributed by atoms with Gasteiger partial charge in [0.1, 0.15) is 0 Å². The van der Waals surface area contributed by atoms with Gasteiger partial charge in [-0.1, -0.05) is 24.3 Å². The monoisotopic (exact) mass is 234 g/mol. The Morgan fingerprint density at radius 2 is 1.89 bits per heavy atom. The van der Waals surface area contributed by atoms with Crippen molar-refractivity contribution in [2.75, 3.05) is 5.73 Å². The lowest BCUT2D eigenvalue weighted by Gasteiger charge is -2.10. The fraction of sp³-hybridized carbons (Fsp3) is 0.0625. The van der Waals surface area contributed by atoms with Gasteiger partial charge in [0.05, 0.1) is 0 Å². The Balaban J connectivity index is 2.35. The Bertz CT molecular complexity index is 712. The molecule has 0 spiro atoms. The van der Waals surface area contributed by atoms with Gasteiger partial charge < -0.3 is 5.73 Å². The maximum atomic E-state index is 5.90. The van der Waals surface area contributed by atoms with Crippen molar-refractivity contribution in [3.8, 4) is 11.1 Å². The molecule has 1 aromatic heterocycles. The molecule has 0 atom stereocenters. The van der Waals surface area contributed by atoms with Crippen molar-refractivity contribution in [3.63, 3.8) is 0 Å². The first-order chi connectivity index (χ1) is 8.75. The first-order valence-electron chi connectivity index (χ1n) is 5.95. The molecule has 0 aliphatic rings. The minimum Gasteiger partial charge on any atom is -0.399 e. The third-order valence-corrected chi connectivity index (χ3v) is 3.23. The summed E-state index contributed by atoms with van der Waals surface area (Å²) in [5, 5.41) is 2.36. The van der Waals surface area contributed by atoms with Crippen molar-refractivity contribution in [2.45, 2.75) is 6.92 Å². The second-order valence-corrected chi connectivity index (χ2v) is 4.48. The van der Waals surface area contributed by atoms with E-state index in [1.54, 1.807) is 0 Å². The maximum Gasteiger partial charge on any atom is 0.0346 e. The predicted molar refractivity (Wildman–Crippen MR) is 76.3 cm³/mol. The van der Waals surface area contributed by atoms with Crippen LogP contribution in [0, 0.1) is 6.92 Å². The van der Waals surface area contributed by atoms with Crippen molar-refractivity contribution in [1.82, 2.24) is 4.98 Å². The van der Waals surface area contributed by atoms with Crippen LogP contribution >= 0.6 is 0 Å². The van der Waals surface area contributed by atoms with Crippen LogP contribution < -0.4 is 5.73 Å². The Morgan fingerprint density at radius 1 is 1.00 bits per heavy atom. The molecule has 2 heteroatoms. The van der Waals surface area contributed by atoms with Gasteiger partial charge >= 0.3 is 0 Å². The van der Waals surface area contributed by atoms with Gasteiger partial charge in [-0.2, -0.15) is 0 Å². The largest absolute Gasteiger partial charge is 0.399 e. The fourth-order valence-corrected chi connectivity index (χ4v) is 2.29. The maximum absolute atomic E-state index is 5.90. The molecule has 1 heterocycles. The first kappa shape index (κ1) is 10.8. The quantitative estimate of drug-likeness (QED) is 0.650. The number of anilines is 1. The van der Waals surface area contributed by atoms with E-state index in [0.29, 0.717) is 0 Å². The van der Waals surface area contributed by atoms with E-state index >= 15 is 0 Å². The summed E-state index contributed by atoms with van der Waals surface area (Å²) in [5.41, 5.74) is 10.3. The Labute approximate surface area is 106 Å². The summed E-state index contributed by atoms with van der Waals surface area (Å²) in [4.78, 5) is 4.16. The van der Waals surface area contributed by atoms with E-state index in [0.717, 1.165) is 11.1 Å². The number of aryl methyl sites for hydroxylation is 1. The highest BCUT2D eigenvalue weighted by atomic mass is 14.6. The molecule has 0 saturated heterocycles. The van der Waals surface area contributed by atoms with Gasteiger partial charge in [0.25, 0.3) is 0 Å². The van der Waals surface area contributed by atoms with Gasteiger partial charge in [0.15, 0.2) is 0 Å². The van der Waals surface area contributed by atoms with Crippen molar-refractivity contribution in [3.05, 3.63) is 60.4 Å². The van der Waals surface area contributed by atoms with Gasteiger partial charge in [-0.15, -0.1) is 0 Å². The Hall–Kier alpha value is -2.35. The average Bonchev–Trinajstić information content (AvgIpc) is 2.41. The zero-order valence-corrected chi connectivity index (χ0v) is 10.2. The summed E-state index contributed by atoms with van der Waals surface area (Å²) in [5.74, 6) is 0. The van der Waals surface area contributed by atoms with Crippen LogP contribution in [0.25, 0.3) is 21.9 Å². The molecule has 18 heavy (non-hydrogen) atoms. The predicted octanol–water partition coefficient (Wildman–Crippen LogP) is 3.79. The SMILES string of the molecule is Cc1ccc(N)cc1-c1cccc2cnccc12. The normalized spacial score (nSPS) is 10.7. The molecule has 0 amide bonds. The van der Waals surface area contributed by atoms with E-state index in [1.165, 1.54) is 22.1 Å². The lowest BCUT2D eigenvalue weighted by Crippen LogP contribution is -1.90. The number of nitrogens with zero attached hydrogens (tertiary/aromatic N) is 1. The Morgan fingerprint density at radius 3 is 2.78 bits per heavy atom. The highest BCUT2D eigenvalue weighted by molar-refractivity contribution is 5.97. The summed E-state index contributed by atoms with van der Waals surface area (Å²) >= 11 is 0. The van der Waals surface area contributed by atoms with E-state index < -0.39 is 0 Å². The van der Waals surface area contributed by atoms with Crippen LogP contribution in [0.4, 0.5) is 5.69 Å². The number of pyridine rings is 1. The van der Waals surface area contributed by atoms with Crippen LogP contribution in [0.15, 0.2) is 54.9 Å². The molecule has 2 aromatic carbocycles. The molecule has 0 aliphatic carbocycles. The van der Waals surface area contributed by atoms with Crippen molar-refractivity contribution in [2.24, 2.45) is 0 Å². The molecular formula is C16H14N2. The molecule has 0 fully saturated rings. The van der Waals surface area contributed by atoms with Gasteiger partial charge in [0, 0.05) is 23.5 Å². The van der Waals surface area contributed by atoms with Crippen molar-refractivity contribution < 1.29 is 0 Å². The summed E-state index contributed by atoms with van der Waals surface area (Å²) in [6.45, 7) is 2.11. The zero-order chi connectivity index (χ0) is 12.5. The van der Waals surface area contributed by atoms with E-state index in [-0.39, 0.29) is 0 Å². The smallest absolute Gasteiger partial charge is 0.0346 e. The van der Waals surface area contributed by atoms with Crippen molar-refractivity contribution in [1.29, 1.82) is 0 Å². The standard InChI is InChI=1S/C16H14N2/c1-11-5-6-13(17)9-16(11)15-4-2-3-12-10-18-8-7-14(12)15/h2-10H,17H2,1H3. The molecule has 0 unspecified atom stereocenters. The number of nitrogen functional groups attached to an aromatic ring is 1. The topological polar surface area (TPSA) is 38.9 Å². The first-order valence-corrected chi connectivity index (χ1v) is 5.95. The molecule has 2 nitrogen and oxygen atoms in total. The Kier molecular flexibility index (Phi) is 2.49. The van der Waals surface area contributed by atoms with E-state index in [1.807, 2.05) is 30.6 Å². The van der Waals surface area contributed by atoms with Crippen LogP contribution in [0.5, 0.6) is 0 Å². The number of rotatable bonds is 1. The third kappa shape index (κ3) is 1.72. The lowest BCUT2D eigenvalue weighted by atomic mass is 9.95. The number of hydrogen-bond acceptors (Lipinski definition) is 2. The fourth-order valence-electron chi connectivity index (χ4n) is 2.29. The number of nitrogens with two attached hydrogens (primary N) is 1. The van der Waals surface area contributed by atoms with E-state index in [4.69, 9.17) is 5.73 Å². The van der Waals surface area contributed by atoms with E-state index in [2.05, 4.69) is 36.2 Å². The minimum absolute atomic E-state index is 0.793. The second kappa shape index (κ2) is 4.15. The molecule has 3 aromatic rings. The number of aromatic nitrogens is 1. The van der Waals surface area contributed by atoms with Gasteiger partial charge in [0.2, 0.25) is 0 Å². The average molecular weight is 234 g/mol. The highest BCUT2D eigenvalue weighted by Crippen LogP contribution is 2.31. The summed E-state index contributed by atoms with van der Waals surface area (Å²) < 4.78 is 0. The summed E-state index contributed by atoms with van der Waals surface area (Å²) in [6, 6.07) is 14.3. The number of fused-ring (bicyclic) bond motifs is 1. The van der Waals surface area contributed by atoms with Crippen LogP contribution in [0.1, 0.15) is 5.56 Å². The molecule has 88 valence electrons. The molecule has 0 aliphatic heterocycles. The van der Waals surface area contributed by atoms with Gasteiger partial charge in [-0.3, -0.25) is 4.98 Å². The third-order valence-electron chi connectivity index (χ3n) is 3.23. The van der Waals surface area contributed by atoms with Gasteiger partial charge in [-0.25, -0.2) is 0 Å². The minimum atomic E-state index is 0.793. The van der Waals surface area contributed by atoms with Crippen LogP contribution in [-0.2, 0) is 0 Å². The highest BCUT2D eigenvalue weighted by Gasteiger charge is 2.06. The second-order valence-electron chi connectivity index (χ2n) is 4.48. The number of hydrogen-bond donors (Lipinski definition) is 1. The molecule has 0 radical (unpaired) electrons. The molecule has 0 saturated carbocycles. The molecule has 0 bridgehead atoms. The van der Waals surface area contributed by atoms with Gasteiger partial charge in [-0.05, 0) is 47.2 Å². The van der Waals surface area contributed by atoms with Crippen molar-refractivity contribution >= 4 is 16.5 Å². The van der Waals surface area contributed by atoms with Crippen LogP contribution in [-0.4, -0.2) is 4.98 Å².